The van der Waals surface area contributed by atoms with Crippen LogP contribution in [0.3, 0.4) is 0 Å². The maximum absolute atomic E-state index is 12.9. The van der Waals surface area contributed by atoms with Gasteiger partial charge in [0, 0.05) is 4.47 Å². The lowest BCUT2D eigenvalue weighted by molar-refractivity contribution is -0.136. The molecule has 0 amide bonds. The molecule has 13 heavy (non-hydrogen) atoms. The minimum atomic E-state index is -1.04. The largest absolute Gasteiger partial charge is 0.481 e. The van der Waals surface area contributed by atoms with E-state index in [4.69, 9.17) is 16.7 Å². The van der Waals surface area contributed by atoms with Crippen LogP contribution in [0.2, 0.25) is 5.02 Å². The maximum Gasteiger partial charge on any atom is 0.307 e. The van der Waals surface area contributed by atoms with Crippen LogP contribution >= 0.6 is 27.5 Å². The first-order chi connectivity index (χ1) is 6.00. The summed E-state index contributed by atoms with van der Waals surface area (Å²) in [6.07, 6.45) is -0.283. The SMILES string of the molecule is O=C(O)Cc1cc(Br)cc(F)c1Cl. The van der Waals surface area contributed by atoms with Crippen molar-refractivity contribution in [1.29, 1.82) is 0 Å². The fourth-order valence-electron chi connectivity index (χ4n) is 0.901. The van der Waals surface area contributed by atoms with Crippen LogP contribution in [0, 0.1) is 5.82 Å². The van der Waals surface area contributed by atoms with Gasteiger partial charge >= 0.3 is 5.97 Å². The Morgan fingerprint density at radius 3 is 2.77 bits per heavy atom. The third kappa shape index (κ3) is 2.67. The molecular weight excluding hydrogens is 262 g/mol. The molecule has 0 aliphatic rings. The first kappa shape index (κ1) is 10.5. The summed E-state index contributed by atoms with van der Waals surface area (Å²) in [6.45, 7) is 0. The number of carboxylic acid groups (broad SMARTS) is 1. The first-order valence-electron chi connectivity index (χ1n) is 3.36. The maximum atomic E-state index is 12.9. The zero-order valence-corrected chi connectivity index (χ0v) is 8.69. The van der Waals surface area contributed by atoms with E-state index >= 15 is 0 Å². The molecule has 0 fully saturated rings. The van der Waals surface area contributed by atoms with Gasteiger partial charge in [-0.25, -0.2) is 4.39 Å². The zero-order valence-electron chi connectivity index (χ0n) is 6.35. The number of carbonyl (C=O) groups is 1. The van der Waals surface area contributed by atoms with Gasteiger partial charge in [0.25, 0.3) is 0 Å². The lowest BCUT2D eigenvalue weighted by Crippen LogP contribution is -2.01. The van der Waals surface area contributed by atoms with Gasteiger partial charge in [-0.2, -0.15) is 0 Å². The highest BCUT2D eigenvalue weighted by Crippen LogP contribution is 2.25. The summed E-state index contributed by atoms with van der Waals surface area (Å²) >= 11 is 8.60. The third-order valence-electron chi connectivity index (χ3n) is 1.41. The number of hydrogen-bond acceptors (Lipinski definition) is 1. The standard InChI is InChI=1S/C8H5BrClFO2/c9-5-1-4(2-7(12)13)8(10)6(11)3-5/h1,3H,2H2,(H,12,13). The van der Waals surface area contributed by atoms with E-state index in [2.05, 4.69) is 15.9 Å². The second-order valence-corrected chi connectivity index (χ2v) is 3.72. The number of hydrogen-bond donors (Lipinski definition) is 1. The van der Waals surface area contributed by atoms with Crippen LogP contribution in [0.25, 0.3) is 0 Å². The van der Waals surface area contributed by atoms with Crippen molar-refractivity contribution in [3.8, 4) is 0 Å². The molecule has 1 N–H and O–H groups in total. The summed E-state index contributed by atoms with van der Waals surface area (Å²) in [4.78, 5) is 10.3. The molecule has 0 atom stereocenters. The van der Waals surface area contributed by atoms with E-state index in [1.807, 2.05) is 0 Å². The smallest absolute Gasteiger partial charge is 0.307 e. The molecule has 0 saturated heterocycles. The molecule has 0 saturated carbocycles. The fraction of sp³-hybridized carbons (Fsp3) is 0.125. The van der Waals surface area contributed by atoms with Gasteiger partial charge in [-0.3, -0.25) is 4.79 Å². The molecule has 0 aliphatic heterocycles. The van der Waals surface area contributed by atoms with Crippen LogP contribution in [0.1, 0.15) is 5.56 Å². The Morgan fingerprint density at radius 2 is 2.23 bits per heavy atom. The fourth-order valence-corrected chi connectivity index (χ4v) is 1.55. The van der Waals surface area contributed by atoms with Crippen molar-refractivity contribution in [2.45, 2.75) is 6.42 Å². The topological polar surface area (TPSA) is 37.3 Å². The summed E-state index contributed by atoms with van der Waals surface area (Å²) in [6, 6.07) is 2.67. The zero-order chi connectivity index (χ0) is 10.0. The van der Waals surface area contributed by atoms with Gasteiger partial charge in [-0.1, -0.05) is 27.5 Å². The van der Waals surface area contributed by atoms with Gasteiger partial charge in [0.1, 0.15) is 5.82 Å². The van der Waals surface area contributed by atoms with E-state index in [1.165, 1.54) is 12.1 Å². The number of aliphatic carboxylic acids is 1. The van der Waals surface area contributed by atoms with Crippen molar-refractivity contribution < 1.29 is 14.3 Å². The predicted octanol–water partition coefficient (Wildman–Crippen LogP) is 2.87. The molecule has 1 rings (SSSR count). The summed E-state index contributed by atoms with van der Waals surface area (Å²) in [5.74, 6) is -1.66. The number of carboxylic acids is 1. The van der Waals surface area contributed by atoms with Crippen LogP contribution in [0.15, 0.2) is 16.6 Å². The van der Waals surface area contributed by atoms with Crippen LogP contribution < -0.4 is 0 Å². The number of halogens is 3. The van der Waals surface area contributed by atoms with Crippen molar-refractivity contribution in [3.63, 3.8) is 0 Å². The molecule has 1 aromatic rings. The Morgan fingerprint density at radius 1 is 1.62 bits per heavy atom. The monoisotopic (exact) mass is 266 g/mol. The minimum absolute atomic E-state index is 0.134. The molecule has 0 radical (unpaired) electrons. The molecule has 0 heterocycles. The second kappa shape index (κ2) is 4.07. The third-order valence-corrected chi connectivity index (χ3v) is 2.29. The predicted molar refractivity (Wildman–Crippen MR) is 50.4 cm³/mol. The Balaban J connectivity index is 3.12. The Hall–Kier alpha value is -0.610. The molecule has 0 aromatic heterocycles. The lowest BCUT2D eigenvalue weighted by Gasteiger charge is -2.02. The average Bonchev–Trinajstić information content (AvgIpc) is 1.98. The molecule has 1 aromatic carbocycles. The quantitative estimate of drug-likeness (QED) is 0.837. The highest BCUT2D eigenvalue weighted by Gasteiger charge is 2.10. The highest BCUT2D eigenvalue weighted by atomic mass is 79.9. The van der Waals surface area contributed by atoms with E-state index in [9.17, 15) is 9.18 Å². The van der Waals surface area contributed by atoms with Crippen molar-refractivity contribution >= 4 is 33.5 Å². The van der Waals surface area contributed by atoms with E-state index in [0.29, 0.717) is 4.47 Å². The van der Waals surface area contributed by atoms with E-state index in [0.717, 1.165) is 0 Å². The summed E-state index contributed by atoms with van der Waals surface area (Å²) in [5.41, 5.74) is 0.265. The van der Waals surface area contributed by atoms with Crippen LogP contribution in [-0.4, -0.2) is 11.1 Å². The van der Waals surface area contributed by atoms with Crippen molar-refractivity contribution in [2.75, 3.05) is 0 Å². The van der Waals surface area contributed by atoms with Crippen LogP contribution in [-0.2, 0) is 11.2 Å². The Labute approximate surface area is 87.5 Å². The van der Waals surface area contributed by atoms with Crippen molar-refractivity contribution in [3.05, 3.63) is 33.0 Å². The highest BCUT2D eigenvalue weighted by molar-refractivity contribution is 9.10. The van der Waals surface area contributed by atoms with Gasteiger partial charge in [0.15, 0.2) is 0 Å². The lowest BCUT2D eigenvalue weighted by atomic mass is 10.1. The summed E-state index contributed by atoms with van der Waals surface area (Å²) in [5, 5.41) is 8.34. The van der Waals surface area contributed by atoms with E-state index < -0.39 is 11.8 Å². The average molecular weight is 267 g/mol. The van der Waals surface area contributed by atoms with E-state index in [-0.39, 0.29) is 17.0 Å². The van der Waals surface area contributed by atoms with Gasteiger partial charge in [-0.15, -0.1) is 0 Å². The minimum Gasteiger partial charge on any atom is -0.481 e. The number of rotatable bonds is 2. The summed E-state index contributed by atoms with van der Waals surface area (Å²) in [7, 11) is 0. The first-order valence-corrected chi connectivity index (χ1v) is 4.53. The van der Waals surface area contributed by atoms with Crippen molar-refractivity contribution in [2.24, 2.45) is 0 Å². The molecule has 70 valence electrons. The number of benzene rings is 1. The molecule has 0 aliphatic carbocycles. The molecule has 0 spiro atoms. The van der Waals surface area contributed by atoms with Gasteiger partial charge in [0.2, 0.25) is 0 Å². The van der Waals surface area contributed by atoms with Crippen molar-refractivity contribution in [1.82, 2.24) is 0 Å². The normalized spacial score (nSPS) is 10.1. The Bertz CT molecular complexity index is 354. The van der Waals surface area contributed by atoms with Gasteiger partial charge < -0.3 is 5.11 Å². The van der Waals surface area contributed by atoms with Crippen LogP contribution in [0.5, 0.6) is 0 Å². The molecule has 2 nitrogen and oxygen atoms in total. The second-order valence-electron chi connectivity index (χ2n) is 2.43. The van der Waals surface area contributed by atoms with Gasteiger partial charge in [0.05, 0.1) is 11.4 Å². The van der Waals surface area contributed by atoms with E-state index in [1.54, 1.807) is 0 Å². The molecule has 0 bridgehead atoms. The Kier molecular flexibility index (Phi) is 3.27. The molecular formula is C8H5BrClFO2. The summed E-state index contributed by atoms with van der Waals surface area (Å²) < 4.78 is 13.4. The van der Waals surface area contributed by atoms with Crippen LogP contribution in [0.4, 0.5) is 4.39 Å². The molecule has 0 unspecified atom stereocenters. The molecule has 5 heteroatoms. The van der Waals surface area contributed by atoms with Gasteiger partial charge in [-0.05, 0) is 17.7 Å².